The Morgan fingerprint density at radius 2 is 0.600 bits per heavy atom. The molecule has 2 radical (unpaired) electrons. The third-order valence-electron chi connectivity index (χ3n) is 5.25. The molecule has 0 unspecified atom stereocenters. The summed E-state index contributed by atoms with van der Waals surface area (Å²) in [5, 5.41) is 8.88. The van der Waals surface area contributed by atoms with Crippen LogP contribution in [0.15, 0.2) is 121 Å². The molecule has 0 atom stereocenters. The van der Waals surface area contributed by atoms with E-state index in [4.69, 9.17) is 14.1 Å². The Bertz CT molecular complexity index is 1120. The van der Waals surface area contributed by atoms with E-state index in [1.165, 1.54) is 0 Å². The molecule has 4 rings (SSSR count). The molecule has 0 aliphatic rings. The van der Waals surface area contributed by atoms with Gasteiger partial charge in [0.2, 0.25) is 0 Å². The molecule has 0 saturated carbocycles. The topological polar surface area (TPSA) is 65.6 Å². The van der Waals surface area contributed by atoms with Crippen LogP contribution in [0.3, 0.4) is 0 Å². The zero-order valence-corrected chi connectivity index (χ0v) is 32.7. The van der Waals surface area contributed by atoms with E-state index in [2.05, 4.69) is 78.4 Å². The van der Waals surface area contributed by atoms with Crippen LogP contribution in [0, 0.1) is 0 Å². The molecule has 4 aromatic rings. The van der Waals surface area contributed by atoms with E-state index in [0.29, 0.717) is 0 Å². The molecule has 0 fully saturated rings. The first-order chi connectivity index (χ1) is 20.0. The SMILES string of the molecule is CC(C)(C)[N-][Si](C)(C)O[Si](C)(C)[N-]C(C)(C)C.[Fe+3].[Fe+3].c1ccc([N-]c2ccccc2)cc1.c1ccc([N-]c2ccccc2)cc1. The van der Waals surface area contributed by atoms with Crippen molar-refractivity contribution in [2.45, 2.75) is 78.8 Å². The second-order valence-electron chi connectivity index (χ2n) is 13.1. The minimum atomic E-state index is -1.98. The Hall–Kier alpha value is -2.17. The van der Waals surface area contributed by atoms with Gasteiger partial charge in [-0.2, -0.15) is 0 Å². The summed E-state index contributed by atoms with van der Waals surface area (Å²) in [7, 11) is -3.96. The number of hydrogen-bond donors (Lipinski definition) is 0. The van der Waals surface area contributed by atoms with Gasteiger partial charge in [0.05, 0.1) is 17.0 Å². The minimum Gasteiger partial charge on any atom is -0.658 e. The van der Waals surface area contributed by atoms with E-state index < -0.39 is 17.0 Å². The average Bonchev–Trinajstić information content (AvgIpc) is 2.88. The summed E-state index contributed by atoms with van der Waals surface area (Å²) in [5.74, 6) is 0. The van der Waals surface area contributed by atoms with Crippen molar-refractivity contribution in [2.24, 2.45) is 0 Å². The second kappa shape index (κ2) is 20.2. The second-order valence-corrected chi connectivity index (χ2v) is 20.2. The molecular weight excluding hydrogens is 672 g/mol. The maximum absolute atomic E-state index is 6.32. The van der Waals surface area contributed by atoms with Gasteiger partial charge in [-0.3, -0.25) is 0 Å². The van der Waals surface area contributed by atoms with Crippen molar-refractivity contribution in [1.82, 2.24) is 0 Å². The Kier molecular flexibility index (Phi) is 19.2. The fraction of sp³-hybridized carbons (Fsp3) is 0.333. The molecule has 0 amide bonds. The molecule has 242 valence electrons. The van der Waals surface area contributed by atoms with Crippen molar-refractivity contribution >= 4 is 39.7 Å². The number of rotatable bonds is 8. The molecule has 5 nitrogen and oxygen atoms in total. The maximum atomic E-state index is 6.32. The standard InChI is InChI=1S/C12H30N2OSi2.2C12H10N.2Fe/c1-11(2,3)13-16(7,8)15-17(9,10)14-12(4,5)6;2*1-3-7-11(8-4-1)13-12-9-5-2-6-10-12;;/h1-10H3;2*1-10H;;/q-2;2*-1;2*+3. The maximum Gasteiger partial charge on any atom is 3.00 e. The van der Waals surface area contributed by atoms with Gasteiger partial charge in [-0.1, -0.05) is 189 Å². The molecule has 0 aliphatic carbocycles. The van der Waals surface area contributed by atoms with Gasteiger partial charge < -0.3 is 24.7 Å². The summed E-state index contributed by atoms with van der Waals surface area (Å²) >= 11 is 0. The largest absolute Gasteiger partial charge is 3.00 e. The van der Waals surface area contributed by atoms with Crippen LogP contribution in [0.2, 0.25) is 26.2 Å². The Balaban J connectivity index is 0.000000636. The van der Waals surface area contributed by atoms with Gasteiger partial charge in [0.25, 0.3) is 0 Å². The van der Waals surface area contributed by atoms with Gasteiger partial charge >= 0.3 is 34.1 Å². The van der Waals surface area contributed by atoms with Gasteiger partial charge in [0.15, 0.2) is 0 Å². The molecule has 9 heteroatoms. The van der Waals surface area contributed by atoms with Crippen molar-refractivity contribution in [3.63, 3.8) is 0 Å². The zero-order chi connectivity index (χ0) is 32.0. The van der Waals surface area contributed by atoms with Crippen LogP contribution < -0.4 is 0 Å². The quantitative estimate of drug-likeness (QED) is 0.167. The normalized spacial score (nSPS) is 11.2. The summed E-state index contributed by atoms with van der Waals surface area (Å²) < 4.78 is 6.32. The molecule has 0 aromatic heterocycles. The summed E-state index contributed by atoms with van der Waals surface area (Å²) in [5.41, 5.74) is 3.92. The molecule has 4 aromatic carbocycles. The van der Waals surface area contributed by atoms with Gasteiger partial charge in [-0.25, -0.2) is 0 Å². The third-order valence-corrected chi connectivity index (χ3v) is 11.7. The van der Waals surface area contributed by atoms with Crippen LogP contribution in [0.1, 0.15) is 41.5 Å². The van der Waals surface area contributed by atoms with E-state index >= 15 is 0 Å². The average molecular weight is 723 g/mol. The molecule has 0 spiro atoms. The first-order valence-corrected chi connectivity index (χ1v) is 20.6. The van der Waals surface area contributed by atoms with Crippen molar-refractivity contribution in [1.29, 1.82) is 0 Å². The first kappa shape index (κ1) is 42.8. The van der Waals surface area contributed by atoms with Crippen molar-refractivity contribution in [3.05, 3.63) is 142 Å². The molecule has 0 N–H and O–H groups in total. The van der Waals surface area contributed by atoms with E-state index in [9.17, 15) is 0 Å². The van der Waals surface area contributed by atoms with E-state index in [-0.39, 0.29) is 45.2 Å². The monoisotopic (exact) mass is 722 g/mol. The Morgan fingerprint density at radius 1 is 0.400 bits per heavy atom. The van der Waals surface area contributed by atoms with E-state index in [1.54, 1.807) is 0 Å². The number of hydrogen-bond acceptors (Lipinski definition) is 1. The fourth-order valence-electron chi connectivity index (χ4n) is 4.58. The summed E-state index contributed by atoms with van der Waals surface area (Å²) in [6, 6.07) is 39.8. The van der Waals surface area contributed by atoms with Gasteiger partial charge in [-0.05, 0) is 0 Å². The summed E-state index contributed by atoms with van der Waals surface area (Å²) in [6.07, 6.45) is 0. The third kappa shape index (κ3) is 21.3. The van der Waals surface area contributed by atoms with Gasteiger partial charge in [0.1, 0.15) is 0 Å². The van der Waals surface area contributed by atoms with Crippen LogP contribution in [0.4, 0.5) is 22.7 Å². The first-order valence-electron chi connectivity index (χ1n) is 14.8. The molecule has 45 heavy (non-hydrogen) atoms. The fourth-order valence-corrected chi connectivity index (χ4v) is 13.1. The van der Waals surface area contributed by atoms with Crippen LogP contribution in [0.25, 0.3) is 20.6 Å². The van der Waals surface area contributed by atoms with Gasteiger partial charge in [-0.15, -0.1) is 33.8 Å². The van der Waals surface area contributed by atoms with E-state index in [0.717, 1.165) is 22.7 Å². The summed E-state index contributed by atoms with van der Waals surface area (Å²) in [6.45, 7) is 21.4. The van der Waals surface area contributed by atoms with Crippen LogP contribution in [-0.2, 0) is 38.3 Å². The zero-order valence-electron chi connectivity index (χ0n) is 28.5. The molecule has 0 bridgehead atoms. The number of nitrogens with zero attached hydrogens (tertiary/aromatic N) is 4. The number of para-hydroxylation sites is 4. The van der Waals surface area contributed by atoms with E-state index in [1.807, 2.05) is 121 Å². The van der Waals surface area contributed by atoms with Crippen LogP contribution in [0.5, 0.6) is 0 Å². The number of benzene rings is 4. The van der Waals surface area contributed by atoms with Crippen LogP contribution >= 0.6 is 0 Å². The summed E-state index contributed by atoms with van der Waals surface area (Å²) in [4.78, 5) is 9.70. The van der Waals surface area contributed by atoms with Crippen molar-refractivity contribution in [2.75, 3.05) is 0 Å². The predicted octanol–water partition coefficient (Wildman–Crippen LogP) is 12.8. The van der Waals surface area contributed by atoms with Crippen molar-refractivity contribution in [3.8, 4) is 0 Å². The molecule has 0 saturated heterocycles. The van der Waals surface area contributed by atoms with Crippen LogP contribution in [-0.4, -0.2) is 28.0 Å². The molecule has 0 heterocycles. The smallest absolute Gasteiger partial charge is 0.658 e. The Morgan fingerprint density at radius 3 is 0.778 bits per heavy atom. The minimum absolute atomic E-state index is 0. The predicted molar refractivity (Wildman–Crippen MR) is 193 cm³/mol. The Labute approximate surface area is 297 Å². The molecule has 0 aliphatic heterocycles. The van der Waals surface area contributed by atoms with Gasteiger partial charge in [0, 0.05) is 0 Å². The molecular formula is C36H50Fe2N4OSi2+2. The van der Waals surface area contributed by atoms with Crippen molar-refractivity contribution < 1.29 is 38.3 Å².